The number of likely N-dealkylation sites (tertiary alicyclic amines) is 1. The van der Waals surface area contributed by atoms with Crippen LogP contribution in [0.25, 0.3) is 33.8 Å². The van der Waals surface area contributed by atoms with Crippen molar-refractivity contribution in [2.24, 2.45) is 10.8 Å². The number of rotatable bonds is 17. The lowest BCUT2D eigenvalue weighted by Crippen LogP contribution is -2.43. The molecule has 148 heavy (non-hydrogen) atoms. The largest absolute Gasteiger partial charge is 0.495 e. The number of halogens is 11. The van der Waals surface area contributed by atoms with Crippen LogP contribution in [0.5, 0.6) is 0 Å². The van der Waals surface area contributed by atoms with E-state index in [0.29, 0.717) is 81.2 Å². The Kier molecular flexibility index (Phi) is 54.8. The van der Waals surface area contributed by atoms with Gasteiger partial charge in [-0.3, -0.25) is 4.79 Å². The van der Waals surface area contributed by atoms with Gasteiger partial charge in [0.2, 0.25) is 0 Å². The molecule has 27 nitrogen and oxygen atoms in total. The zero-order valence-corrected chi connectivity index (χ0v) is 84.9. The number of nitrogens with one attached hydrogen (secondary N) is 1. The van der Waals surface area contributed by atoms with Crippen LogP contribution in [0.3, 0.4) is 0 Å². The third-order valence-corrected chi connectivity index (χ3v) is 25.1. The van der Waals surface area contributed by atoms with Gasteiger partial charge in [0.05, 0.1) is 121 Å². The molecule has 0 saturated carbocycles. The van der Waals surface area contributed by atoms with Gasteiger partial charge >= 0.3 is 45.0 Å². The van der Waals surface area contributed by atoms with Crippen LogP contribution in [0, 0.1) is 74.2 Å². The Morgan fingerprint density at radius 2 is 0.716 bits per heavy atom. The predicted octanol–water partition coefficient (Wildman–Crippen LogP) is 24.2. The highest BCUT2D eigenvalue weighted by molar-refractivity contribution is 9.10. The van der Waals surface area contributed by atoms with E-state index in [1.807, 2.05) is 83.1 Å². The molecular weight excluding hydrogens is 2040 g/mol. The summed E-state index contributed by atoms with van der Waals surface area (Å²) >= 11 is 8.52. The third-order valence-electron chi connectivity index (χ3n) is 24.2. The summed E-state index contributed by atoms with van der Waals surface area (Å²) in [5, 5.41) is 31.8. The van der Waals surface area contributed by atoms with Crippen molar-refractivity contribution < 1.29 is 102 Å². The molecule has 7 aromatic carbocycles. The first-order chi connectivity index (χ1) is 66.2. The Labute approximate surface area is 892 Å². The molecule has 5 saturated heterocycles. The van der Waals surface area contributed by atoms with Gasteiger partial charge in [-0.1, -0.05) is 86.5 Å². The van der Waals surface area contributed by atoms with Gasteiger partial charge in [0.1, 0.15) is 71.2 Å². The molecule has 5 aliphatic rings. The maximum atomic E-state index is 14.0. The number of carbonyl (C=O) groups excluding carboxylic acids is 4. The summed E-state index contributed by atoms with van der Waals surface area (Å²) in [6.45, 7) is 32.3. The van der Waals surface area contributed by atoms with Crippen molar-refractivity contribution >= 4 is 109 Å². The van der Waals surface area contributed by atoms with Gasteiger partial charge in [-0.25, -0.2) is 89.8 Å². The lowest BCUT2D eigenvalue weighted by Gasteiger charge is -2.37. The summed E-state index contributed by atoms with van der Waals surface area (Å²) in [5.74, 6) is -6.21. The lowest BCUT2D eigenvalue weighted by atomic mass is 9.49. The third kappa shape index (κ3) is 37.0. The highest BCUT2D eigenvalue weighted by atomic mass is 79.9. The minimum atomic E-state index is -1.19. The highest BCUT2D eigenvalue weighted by Crippen LogP contribution is 2.45. The average Bonchev–Trinajstić information content (AvgIpc) is 1.59. The molecule has 5 aliphatic heterocycles. The van der Waals surface area contributed by atoms with Gasteiger partial charge in [0.15, 0.2) is 0 Å². The van der Waals surface area contributed by atoms with Crippen LogP contribution in [-0.2, 0) is 55.0 Å². The minimum Gasteiger partial charge on any atom is -0.478 e. The fourth-order valence-corrected chi connectivity index (χ4v) is 14.9. The van der Waals surface area contributed by atoms with Crippen molar-refractivity contribution in [3.8, 4) is 45.9 Å². The Bertz CT molecular complexity index is 6040. The van der Waals surface area contributed by atoms with Crippen LogP contribution < -0.4 is 10.8 Å². The molecular formula is C107H134B3BrCl3F7N12O15. The first-order valence-corrected chi connectivity index (χ1v) is 45.9. The SMILES string of the molecule is C.C.C.C.C.C.CC1(C)OB(B2OC(C)(C)C(C)(C)O2)OC1(C)C.CCOC(=O)c1cc(F)ccc1-c1ccncn1.CCOC(=O)c1cc(F)ccc1B1OC(C)(C)C(C)(C)O1.CCOC(=O)c1cc(F)ccc1Br.Cl.Cl.Clc1ccncn1.N#CC1(Cc2ccc(F)cc2)CCN(C(=O)c2cc(F)ccc2-c2ccncn2)CC1.N#CC1(Cc2ccc(F)cc2)CCNCC1.O=C(O)c1cc(F)ccc1-c1ccncn1. The maximum Gasteiger partial charge on any atom is 0.495 e. The monoisotopic (exact) mass is 2180 g/mol. The zero-order valence-electron chi connectivity index (χ0n) is 80.9. The number of aromatic carboxylic acids is 1. The fraction of sp³-hybridized carbons (Fsp3) is 0.393. The van der Waals surface area contributed by atoms with Gasteiger partial charge < -0.3 is 57.5 Å². The van der Waals surface area contributed by atoms with Gasteiger partial charge in [0.25, 0.3) is 5.91 Å². The molecule has 0 bridgehead atoms. The van der Waals surface area contributed by atoms with E-state index in [-0.39, 0.29) is 162 Å². The smallest absolute Gasteiger partial charge is 0.478 e. The van der Waals surface area contributed by atoms with Gasteiger partial charge in [-0.15, -0.1) is 24.8 Å². The first-order valence-electron chi connectivity index (χ1n) is 44.7. The van der Waals surface area contributed by atoms with Crippen LogP contribution in [0.2, 0.25) is 5.15 Å². The second-order valence-electron chi connectivity index (χ2n) is 35.5. The molecule has 4 aromatic heterocycles. The van der Waals surface area contributed by atoms with Crippen LogP contribution in [0.4, 0.5) is 30.7 Å². The molecule has 9 heterocycles. The topological polar surface area (TPSA) is 355 Å². The Hall–Kier alpha value is -12.0. The van der Waals surface area contributed by atoms with Crippen molar-refractivity contribution in [2.75, 3.05) is 46.0 Å². The lowest BCUT2D eigenvalue weighted by molar-refractivity contribution is 0.00578. The number of nitrogens with zero attached hydrogens (tertiary/aromatic N) is 11. The molecule has 2 N–H and O–H groups in total. The number of carbonyl (C=O) groups is 5. The Morgan fingerprint density at radius 3 is 1.06 bits per heavy atom. The van der Waals surface area contributed by atoms with E-state index in [4.69, 9.17) is 58.8 Å². The quantitative estimate of drug-likeness (QED) is 0.0281. The number of amides is 1. The fourth-order valence-electron chi connectivity index (χ4n) is 14.4. The average molecular weight is 2180 g/mol. The second-order valence-corrected chi connectivity index (χ2v) is 36.7. The van der Waals surface area contributed by atoms with E-state index in [1.165, 1.54) is 116 Å². The van der Waals surface area contributed by atoms with E-state index in [9.17, 15) is 65.2 Å². The molecule has 0 atom stereocenters. The van der Waals surface area contributed by atoms with Gasteiger partial charge in [0, 0.05) is 59.0 Å². The van der Waals surface area contributed by atoms with Crippen molar-refractivity contribution in [2.45, 2.75) is 221 Å². The number of piperidine rings is 2. The minimum absolute atomic E-state index is 0. The molecule has 0 aliphatic carbocycles. The number of hydrogen-bond acceptors (Lipinski definition) is 25. The Morgan fingerprint density at radius 1 is 0.412 bits per heavy atom. The van der Waals surface area contributed by atoms with E-state index >= 15 is 0 Å². The second kappa shape index (κ2) is 60.6. The van der Waals surface area contributed by atoms with Gasteiger partial charge in [-0.2, -0.15) is 10.5 Å². The van der Waals surface area contributed by atoms with Crippen LogP contribution in [0.15, 0.2) is 218 Å². The number of carboxylic acids is 1. The summed E-state index contributed by atoms with van der Waals surface area (Å²) in [4.78, 5) is 91.6. The van der Waals surface area contributed by atoms with Crippen LogP contribution in [0.1, 0.15) is 237 Å². The van der Waals surface area contributed by atoms with E-state index in [2.05, 4.69) is 73.3 Å². The van der Waals surface area contributed by atoms with Gasteiger partial charge in [-0.05, 0) is 321 Å². The molecule has 0 unspecified atom stereocenters. The number of benzene rings is 7. The standard InChI is InChI=1S/C24H20F2N4O.C15H20BFO4.C13H11FN2O2.C13H15FN2.C12H24B2O4.C11H7FN2O2.C9H8BrFO2.C4H3ClN2.6CH4.2ClH/c25-18-3-1-17(2-4-18)14-24(15-27)8-11-30(12-9-24)23(31)21-13-19(26)5-6-20(21)22-7-10-28-16-29-22;1-6-19-13(18)11-9-10(17)7-8-12(11)16-20-14(2,3)15(4,5)21-16;1-2-18-13(17)11-7-9(14)3-4-10(11)12-5-6-15-8-16-12;14-12-3-1-11(2-4-12)9-13(10-15)5-7-16-8-6-13;1-9(2)10(3,4)16-13(15-9)14-17-11(5,6)12(7,8)18-14;12-7-1-2-8(9(5-7)11(15)16)10-3-4-13-6-14-10;1-2-13-9(12)7-5-6(11)3-4-8(7)10;5-4-1-2-6-3-7-4;;;;;;;;/h1-7,10,13,16H,8-9,11-12,14H2;7-9H,6H2,1-5H3;3-8H,2H2,1H3;1-4,16H,5-9H2;1-8H3;1-6H,(H,15,16);3-5H,2H2,1H3;1-3H;6*1H4;2*1H. The van der Waals surface area contributed by atoms with Crippen molar-refractivity contribution in [1.82, 2.24) is 50.1 Å². The molecule has 11 aromatic rings. The summed E-state index contributed by atoms with van der Waals surface area (Å²) in [7, 11) is -1.68. The summed E-state index contributed by atoms with van der Waals surface area (Å²) in [6, 6.07) is 43.4. The Balaban J connectivity index is 0.000000858. The normalized spacial score (nSPS) is 15.5. The van der Waals surface area contributed by atoms with E-state index in [1.54, 1.807) is 98.9 Å². The molecule has 1 amide bonds. The number of nitriles is 2. The number of esters is 3. The molecule has 798 valence electrons. The van der Waals surface area contributed by atoms with Crippen molar-refractivity contribution in [3.63, 3.8) is 0 Å². The summed E-state index contributed by atoms with van der Waals surface area (Å²) in [6.07, 6.45) is 15.6. The molecule has 16 rings (SSSR count). The molecule has 5 fully saturated rings. The number of aromatic nitrogens is 8. The number of carboxylic acid groups (broad SMARTS) is 1. The molecule has 41 heteroatoms. The maximum absolute atomic E-state index is 14.0. The van der Waals surface area contributed by atoms with Crippen molar-refractivity contribution in [3.05, 3.63) is 303 Å². The zero-order chi connectivity index (χ0) is 103. The molecule has 0 radical (unpaired) electrons. The molecule has 0 spiro atoms. The summed E-state index contributed by atoms with van der Waals surface area (Å²) in [5.41, 5.74) is 2.64. The van der Waals surface area contributed by atoms with Crippen LogP contribution in [-0.4, -0.2) is 180 Å². The predicted molar refractivity (Wildman–Crippen MR) is 571 cm³/mol. The highest BCUT2D eigenvalue weighted by Gasteiger charge is 2.64. The number of hydrogen-bond donors (Lipinski definition) is 2. The van der Waals surface area contributed by atoms with E-state index < -0.39 is 90.7 Å². The van der Waals surface area contributed by atoms with E-state index in [0.717, 1.165) is 67.7 Å². The van der Waals surface area contributed by atoms with Crippen molar-refractivity contribution in [1.29, 1.82) is 10.5 Å². The number of ether oxygens (including phenoxy) is 3. The summed E-state index contributed by atoms with van der Waals surface area (Å²) < 4.78 is 143. The first kappa shape index (κ1) is 134. The van der Waals surface area contributed by atoms with Crippen LogP contribution >= 0.6 is 52.3 Å².